The predicted octanol–water partition coefficient (Wildman–Crippen LogP) is 4.68. The summed E-state index contributed by atoms with van der Waals surface area (Å²) in [5.41, 5.74) is 4.66. The van der Waals surface area contributed by atoms with Gasteiger partial charge in [0.2, 0.25) is 0 Å². The Morgan fingerprint density at radius 1 is 1.00 bits per heavy atom. The molecule has 1 amide bonds. The Labute approximate surface area is 219 Å². The van der Waals surface area contributed by atoms with Gasteiger partial charge < -0.3 is 14.6 Å². The number of amides is 1. The summed E-state index contributed by atoms with van der Waals surface area (Å²) in [7, 11) is 0. The van der Waals surface area contributed by atoms with Gasteiger partial charge in [-0.3, -0.25) is 9.36 Å². The first-order valence-electron chi connectivity index (χ1n) is 11.7. The highest BCUT2D eigenvalue weighted by molar-refractivity contribution is 7.99. The fraction of sp³-hybridized carbons (Fsp3) is 0.185. The fourth-order valence-corrected chi connectivity index (χ4v) is 4.22. The van der Waals surface area contributed by atoms with E-state index < -0.39 is 0 Å². The lowest BCUT2D eigenvalue weighted by atomic mass is 10.2. The van der Waals surface area contributed by atoms with Gasteiger partial charge in [-0.25, -0.2) is 5.43 Å². The number of ether oxygens (including phenoxy) is 2. The molecular weight excluding hydrogens is 490 g/mol. The zero-order valence-corrected chi connectivity index (χ0v) is 21.3. The van der Waals surface area contributed by atoms with Gasteiger partial charge in [-0.2, -0.15) is 5.10 Å². The van der Waals surface area contributed by atoms with Gasteiger partial charge in [-0.15, -0.1) is 10.2 Å². The van der Waals surface area contributed by atoms with Crippen LogP contribution in [0.15, 0.2) is 83.1 Å². The third-order valence-electron chi connectivity index (χ3n) is 5.13. The molecule has 0 aliphatic carbocycles. The van der Waals surface area contributed by atoms with Gasteiger partial charge in [-0.05, 0) is 50.2 Å². The van der Waals surface area contributed by atoms with E-state index in [0.717, 1.165) is 17.0 Å². The number of benzene rings is 3. The molecule has 1 heterocycles. The second-order valence-electron chi connectivity index (χ2n) is 7.64. The summed E-state index contributed by atoms with van der Waals surface area (Å²) in [6.45, 7) is 4.77. The molecule has 0 fully saturated rings. The van der Waals surface area contributed by atoms with Crippen molar-refractivity contribution in [2.45, 2.75) is 19.0 Å². The highest BCUT2D eigenvalue weighted by Gasteiger charge is 2.17. The number of thioether (sulfide) groups is 1. The molecule has 0 aliphatic rings. The maximum atomic E-state index is 12.5. The Kier molecular flexibility index (Phi) is 8.77. The number of para-hydroxylation sites is 1. The number of phenolic OH excluding ortho intramolecular Hbond substituents is 1. The van der Waals surface area contributed by atoms with Crippen molar-refractivity contribution in [3.8, 4) is 34.3 Å². The van der Waals surface area contributed by atoms with E-state index in [9.17, 15) is 9.90 Å². The van der Waals surface area contributed by atoms with Crippen LogP contribution in [0.2, 0.25) is 0 Å². The van der Waals surface area contributed by atoms with Crippen LogP contribution in [0.5, 0.6) is 17.2 Å². The summed E-state index contributed by atoms with van der Waals surface area (Å²) in [4.78, 5) is 12.5. The number of aromatic hydroxyl groups is 1. The van der Waals surface area contributed by atoms with Crippen LogP contribution in [-0.2, 0) is 4.79 Å². The molecule has 37 heavy (non-hydrogen) atoms. The Bertz CT molecular complexity index is 1360. The van der Waals surface area contributed by atoms with E-state index >= 15 is 0 Å². The number of carbonyl (C=O) groups is 1. The number of aromatic nitrogens is 3. The third-order valence-corrected chi connectivity index (χ3v) is 6.06. The number of nitrogens with zero attached hydrogens (tertiary/aromatic N) is 4. The maximum Gasteiger partial charge on any atom is 0.250 e. The average Bonchev–Trinajstić information content (AvgIpc) is 3.35. The van der Waals surface area contributed by atoms with Gasteiger partial charge in [0.25, 0.3) is 5.91 Å². The first-order valence-corrected chi connectivity index (χ1v) is 12.7. The van der Waals surface area contributed by atoms with E-state index in [1.165, 1.54) is 18.0 Å². The molecule has 190 valence electrons. The molecule has 0 unspecified atom stereocenters. The molecule has 9 nitrogen and oxygen atoms in total. The van der Waals surface area contributed by atoms with Crippen molar-refractivity contribution < 1.29 is 19.4 Å². The highest BCUT2D eigenvalue weighted by atomic mass is 32.2. The Morgan fingerprint density at radius 2 is 1.76 bits per heavy atom. The van der Waals surface area contributed by atoms with E-state index in [0.29, 0.717) is 35.5 Å². The van der Waals surface area contributed by atoms with Gasteiger partial charge in [-0.1, -0.05) is 48.2 Å². The first-order chi connectivity index (χ1) is 18.1. The van der Waals surface area contributed by atoms with Crippen LogP contribution in [0.3, 0.4) is 0 Å². The van der Waals surface area contributed by atoms with Crippen LogP contribution in [0.1, 0.15) is 19.4 Å². The van der Waals surface area contributed by atoms with E-state index in [1.54, 1.807) is 18.2 Å². The minimum Gasteiger partial charge on any atom is -0.504 e. The summed E-state index contributed by atoms with van der Waals surface area (Å²) in [6, 6.07) is 22.4. The summed E-state index contributed by atoms with van der Waals surface area (Å²) >= 11 is 1.24. The monoisotopic (exact) mass is 517 g/mol. The lowest BCUT2D eigenvalue weighted by molar-refractivity contribution is -0.118. The van der Waals surface area contributed by atoms with E-state index in [-0.39, 0.29) is 17.4 Å². The quantitative estimate of drug-likeness (QED) is 0.169. The molecule has 0 spiro atoms. The summed E-state index contributed by atoms with van der Waals surface area (Å²) in [5, 5.41) is 23.5. The molecule has 0 bridgehead atoms. The number of hydrogen-bond acceptors (Lipinski definition) is 8. The molecule has 1 aromatic heterocycles. The third kappa shape index (κ3) is 6.47. The second-order valence-corrected chi connectivity index (χ2v) is 8.59. The Balaban J connectivity index is 1.48. The molecule has 0 radical (unpaired) electrons. The molecule has 0 aliphatic heterocycles. The van der Waals surface area contributed by atoms with Gasteiger partial charge in [0.15, 0.2) is 22.5 Å². The van der Waals surface area contributed by atoms with Crippen molar-refractivity contribution in [2.24, 2.45) is 5.10 Å². The molecule has 10 heteroatoms. The van der Waals surface area contributed by atoms with Crippen molar-refractivity contribution >= 4 is 23.9 Å². The first kappa shape index (κ1) is 25.8. The number of hydrazone groups is 1. The van der Waals surface area contributed by atoms with Crippen LogP contribution in [0.4, 0.5) is 0 Å². The van der Waals surface area contributed by atoms with Crippen molar-refractivity contribution in [1.29, 1.82) is 0 Å². The minimum atomic E-state index is -0.329. The van der Waals surface area contributed by atoms with Crippen LogP contribution >= 0.6 is 11.8 Å². The summed E-state index contributed by atoms with van der Waals surface area (Å²) in [6.07, 6.45) is 1.37. The highest BCUT2D eigenvalue weighted by Crippen LogP contribution is 2.30. The summed E-state index contributed by atoms with van der Waals surface area (Å²) < 4.78 is 12.8. The Morgan fingerprint density at radius 3 is 2.49 bits per heavy atom. The number of carbonyl (C=O) groups excluding carboxylic acids is 1. The molecule has 2 N–H and O–H groups in total. The second kappa shape index (κ2) is 12.6. The van der Waals surface area contributed by atoms with E-state index in [1.807, 2.05) is 73.0 Å². The largest absolute Gasteiger partial charge is 0.504 e. The van der Waals surface area contributed by atoms with Crippen LogP contribution < -0.4 is 14.9 Å². The molecule has 3 aromatic carbocycles. The minimum absolute atomic E-state index is 0.0337. The smallest absolute Gasteiger partial charge is 0.250 e. The van der Waals surface area contributed by atoms with Crippen LogP contribution in [-0.4, -0.2) is 51.0 Å². The molecule has 0 saturated heterocycles. The molecule has 4 aromatic rings. The lowest BCUT2D eigenvalue weighted by Gasteiger charge is -2.11. The maximum absolute atomic E-state index is 12.5. The SMILES string of the molecule is CCOc1ccc(-n2c(SCC(=O)N/N=C\c3cccc(OCC)c3O)nnc2-c2ccccc2)cc1. The van der Waals surface area contributed by atoms with E-state index in [2.05, 4.69) is 20.7 Å². The molecule has 0 atom stereocenters. The topological polar surface area (TPSA) is 111 Å². The van der Waals surface area contributed by atoms with Crippen molar-refractivity contribution in [2.75, 3.05) is 19.0 Å². The number of hydrogen-bond donors (Lipinski definition) is 2. The molecule has 0 saturated carbocycles. The fourth-order valence-electron chi connectivity index (χ4n) is 3.48. The van der Waals surface area contributed by atoms with Crippen molar-refractivity contribution in [1.82, 2.24) is 20.2 Å². The van der Waals surface area contributed by atoms with Crippen molar-refractivity contribution in [3.63, 3.8) is 0 Å². The van der Waals surface area contributed by atoms with E-state index in [4.69, 9.17) is 9.47 Å². The standard InChI is InChI=1S/C27H27N5O4S/c1-3-35-22-15-13-21(14-16-22)32-26(19-9-6-5-7-10-19)30-31-27(32)37-18-24(33)29-28-17-20-11-8-12-23(25(20)34)36-4-2/h5-17,34H,3-4,18H2,1-2H3,(H,29,33)/b28-17-. The molecule has 4 rings (SSSR count). The Hall–Kier alpha value is -4.31. The number of rotatable bonds is 11. The van der Waals surface area contributed by atoms with Crippen LogP contribution in [0.25, 0.3) is 17.1 Å². The zero-order chi connectivity index (χ0) is 26.0. The van der Waals surface area contributed by atoms with Gasteiger partial charge >= 0.3 is 0 Å². The average molecular weight is 518 g/mol. The number of phenols is 1. The molecular formula is C27H27N5O4S. The van der Waals surface area contributed by atoms with Gasteiger partial charge in [0.05, 0.1) is 25.2 Å². The summed E-state index contributed by atoms with van der Waals surface area (Å²) in [5.74, 6) is 1.49. The predicted molar refractivity (Wildman–Crippen MR) is 144 cm³/mol. The van der Waals surface area contributed by atoms with Gasteiger partial charge in [0, 0.05) is 16.8 Å². The zero-order valence-electron chi connectivity index (χ0n) is 20.5. The lowest BCUT2D eigenvalue weighted by Crippen LogP contribution is -2.20. The normalized spacial score (nSPS) is 11.0. The van der Waals surface area contributed by atoms with Crippen molar-refractivity contribution in [3.05, 3.63) is 78.4 Å². The van der Waals surface area contributed by atoms with Crippen LogP contribution in [0, 0.1) is 0 Å². The van der Waals surface area contributed by atoms with Gasteiger partial charge in [0.1, 0.15) is 5.75 Å². The number of nitrogens with one attached hydrogen (secondary N) is 1.